The van der Waals surface area contributed by atoms with E-state index < -0.39 is 0 Å². The SMILES string of the molecule is CCOc1ccc(-c2cc(C)[nH]c(=O)c2C#N)cc1CN(C)C. The fourth-order valence-corrected chi connectivity index (χ4v) is 2.53. The molecule has 5 nitrogen and oxygen atoms in total. The summed E-state index contributed by atoms with van der Waals surface area (Å²) in [5, 5.41) is 9.30. The second kappa shape index (κ2) is 7.12. The second-order valence-electron chi connectivity index (χ2n) is 5.68. The molecule has 0 aliphatic heterocycles. The van der Waals surface area contributed by atoms with Gasteiger partial charge in [0.15, 0.2) is 0 Å². The fraction of sp³-hybridized carbons (Fsp3) is 0.333. The summed E-state index contributed by atoms with van der Waals surface area (Å²) >= 11 is 0. The van der Waals surface area contributed by atoms with Crippen LogP contribution in [0.1, 0.15) is 23.7 Å². The zero-order valence-electron chi connectivity index (χ0n) is 13.9. The summed E-state index contributed by atoms with van der Waals surface area (Å²) in [6.45, 7) is 5.06. The molecular formula is C18H21N3O2. The lowest BCUT2D eigenvalue weighted by Gasteiger charge is -2.16. The summed E-state index contributed by atoms with van der Waals surface area (Å²) in [4.78, 5) is 16.7. The first-order valence-electron chi connectivity index (χ1n) is 7.51. The molecule has 0 saturated heterocycles. The fourth-order valence-electron chi connectivity index (χ4n) is 2.53. The van der Waals surface area contributed by atoms with E-state index >= 15 is 0 Å². The molecule has 0 fully saturated rings. The predicted molar refractivity (Wildman–Crippen MR) is 90.5 cm³/mol. The molecule has 0 atom stereocenters. The van der Waals surface area contributed by atoms with E-state index in [1.165, 1.54) is 0 Å². The molecule has 0 bridgehead atoms. The number of nitrogens with one attached hydrogen (secondary N) is 1. The molecule has 2 rings (SSSR count). The van der Waals surface area contributed by atoms with Crippen molar-refractivity contribution in [2.75, 3.05) is 20.7 Å². The van der Waals surface area contributed by atoms with Gasteiger partial charge < -0.3 is 14.6 Å². The minimum Gasteiger partial charge on any atom is -0.494 e. The molecule has 1 aromatic carbocycles. The van der Waals surface area contributed by atoms with E-state index in [9.17, 15) is 10.1 Å². The van der Waals surface area contributed by atoms with E-state index in [2.05, 4.69) is 9.88 Å². The van der Waals surface area contributed by atoms with Gasteiger partial charge in [-0.3, -0.25) is 4.79 Å². The van der Waals surface area contributed by atoms with Crippen molar-refractivity contribution in [3.05, 3.63) is 51.4 Å². The lowest BCUT2D eigenvalue weighted by Crippen LogP contribution is -2.14. The molecule has 0 saturated carbocycles. The minimum absolute atomic E-state index is 0.135. The van der Waals surface area contributed by atoms with Crippen LogP contribution in [0.3, 0.4) is 0 Å². The Morgan fingerprint density at radius 1 is 1.30 bits per heavy atom. The predicted octanol–water partition coefficient (Wildman–Crippen LogP) is 2.68. The van der Waals surface area contributed by atoms with Crippen LogP contribution in [0.25, 0.3) is 11.1 Å². The Bertz CT molecular complexity index is 801. The van der Waals surface area contributed by atoms with Gasteiger partial charge in [0.25, 0.3) is 5.56 Å². The lowest BCUT2D eigenvalue weighted by molar-refractivity contribution is 0.325. The number of aromatic nitrogens is 1. The number of nitriles is 1. The van der Waals surface area contributed by atoms with Crippen LogP contribution in [-0.4, -0.2) is 30.6 Å². The van der Waals surface area contributed by atoms with Crippen molar-refractivity contribution >= 4 is 0 Å². The first-order chi connectivity index (χ1) is 11.0. The summed E-state index contributed by atoms with van der Waals surface area (Å²) in [5.74, 6) is 0.824. The van der Waals surface area contributed by atoms with E-state index in [0.29, 0.717) is 18.7 Å². The van der Waals surface area contributed by atoms with Crippen LogP contribution < -0.4 is 10.3 Å². The zero-order chi connectivity index (χ0) is 17.0. The van der Waals surface area contributed by atoms with E-state index in [1.807, 2.05) is 51.4 Å². The molecule has 1 aromatic heterocycles. The molecule has 0 spiro atoms. The summed E-state index contributed by atoms with van der Waals surface area (Å²) in [6, 6.07) is 9.61. The highest BCUT2D eigenvalue weighted by Gasteiger charge is 2.13. The summed E-state index contributed by atoms with van der Waals surface area (Å²) < 4.78 is 5.67. The minimum atomic E-state index is -0.356. The molecule has 2 aromatic rings. The Kier molecular flexibility index (Phi) is 5.20. The van der Waals surface area contributed by atoms with Crippen molar-refractivity contribution in [1.82, 2.24) is 9.88 Å². The van der Waals surface area contributed by atoms with E-state index in [1.54, 1.807) is 6.92 Å². The average molecular weight is 311 g/mol. The number of aryl methyl sites for hydroxylation is 1. The van der Waals surface area contributed by atoms with Crippen LogP contribution in [-0.2, 0) is 6.54 Å². The van der Waals surface area contributed by atoms with Gasteiger partial charge in [-0.2, -0.15) is 5.26 Å². The Morgan fingerprint density at radius 2 is 2.04 bits per heavy atom. The third-order valence-electron chi connectivity index (χ3n) is 3.44. The largest absolute Gasteiger partial charge is 0.494 e. The molecule has 0 aliphatic rings. The molecule has 5 heteroatoms. The van der Waals surface area contributed by atoms with E-state index in [4.69, 9.17) is 4.74 Å². The van der Waals surface area contributed by atoms with Gasteiger partial charge in [0.05, 0.1) is 6.61 Å². The van der Waals surface area contributed by atoms with Crippen LogP contribution in [0, 0.1) is 18.3 Å². The molecule has 0 unspecified atom stereocenters. The van der Waals surface area contributed by atoms with Gasteiger partial charge in [-0.05, 0) is 51.7 Å². The first kappa shape index (κ1) is 16.8. The highest BCUT2D eigenvalue weighted by atomic mass is 16.5. The monoisotopic (exact) mass is 311 g/mol. The number of pyridine rings is 1. The van der Waals surface area contributed by atoms with Crippen molar-refractivity contribution in [1.29, 1.82) is 5.26 Å². The first-order valence-corrected chi connectivity index (χ1v) is 7.51. The van der Waals surface area contributed by atoms with Gasteiger partial charge in [0.1, 0.15) is 17.4 Å². The number of hydrogen-bond donors (Lipinski definition) is 1. The Morgan fingerprint density at radius 3 is 2.65 bits per heavy atom. The number of nitrogens with zero attached hydrogens (tertiary/aromatic N) is 2. The van der Waals surface area contributed by atoms with Gasteiger partial charge in [-0.25, -0.2) is 0 Å². The molecule has 0 aliphatic carbocycles. The third kappa shape index (κ3) is 3.79. The molecule has 120 valence electrons. The number of H-pyrrole nitrogens is 1. The van der Waals surface area contributed by atoms with Crippen molar-refractivity contribution in [3.8, 4) is 22.9 Å². The zero-order valence-corrected chi connectivity index (χ0v) is 13.9. The van der Waals surface area contributed by atoms with Gasteiger partial charge in [0.2, 0.25) is 0 Å². The standard InChI is InChI=1S/C18H21N3O2/c1-5-23-17-7-6-13(9-14(17)11-21(3)4)15-8-12(2)20-18(22)16(15)10-19/h6-9H,5,11H2,1-4H3,(H,20,22). The van der Waals surface area contributed by atoms with Gasteiger partial charge >= 0.3 is 0 Å². The Balaban J connectivity index is 2.61. The molecule has 23 heavy (non-hydrogen) atoms. The smallest absolute Gasteiger partial charge is 0.266 e. The Hall–Kier alpha value is -2.58. The van der Waals surface area contributed by atoms with E-state index in [0.717, 1.165) is 22.6 Å². The number of aromatic amines is 1. The van der Waals surface area contributed by atoms with Crippen molar-refractivity contribution < 1.29 is 4.74 Å². The number of hydrogen-bond acceptors (Lipinski definition) is 4. The van der Waals surface area contributed by atoms with Crippen LogP contribution in [0.2, 0.25) is 0 Å². The highest BCUT2D eigenvalue weighted by Crippen LogP contribution is 2.29. The van der Waals surface area contributed by atoms with Crippen LogP contribution in [0.4, 0.5) is 0 Å². The average Bonchev–Trinajstić information content (AvgIpc) is 2.48. The van der Waals surface area contributed by atoms with Gasteiger partial charge in [-0.1, -0.05) is 6.07 Å². The third-order valence-corrected chi connectivity index (χ3v) is 3.44. The van der Waals surface area contributed by atoms with Gasteiger partial charge in [-0.15, -0.1) is 0 Å². The number of benzene rings is 1. The molecule has 1 heterocycles. The van der Waals surface area contributed by atoms with Crippen LogP contribution in [0.15, 0.2) is 29.1 Å². The molecule has 0 amide bonds. The molecular weight excluding hydrogens is 290 g/mol. The molecule has 1 N–H and O–H groups in total. The second-order valence-corrected chi connectivity index (χ2v) is 5.68. The van der Waals surface area contributed by atoms with Crippen LogP contribution >= 0.6 is 0 Å². The summed E-state index contributed by atoms with van der Waals surface area (Å²) in [6.07, 6.45) is 0. The van der Waals surface area contributed by atoms with Crippen molar-refractivity contribution in [3.63, 3.8) is 0 Å². The normalized spacial score (nSPS) is 10.6. The maximum absolute atomic E-state index is 12.0. The van der Waals surface area contributed by atoms with Crippen molar-refractivity contribution in [2.45, 2.75) is 20.4 Å². The Labute approximate surface area is 136 Å². The maximum atomic E-state index is 12.0. The summed E-state index contributed by atoms with van der Waals surface area (Å²) in [5.41, 5.74) is 3.03. The lowest BCUT2D eigenvalue weighted by atomic mass is 9.98. The maximum Gasteiger partial charge on any atom is 0.266 e. The number of rotatable bonds is 5. The quantitative estimate of drug-likeness (QED) is 0.921. The van der Waals surface area contributed by atoms with Crippen LogP contribution in [0.5, 0.6) is 5.75 Å². The summed E-state index contributed by atoms with van der Waals surface area (Å²) in [7, 11) is 3.97. The number of ether oxygens (including phenoxy) is 1. The van der Waals surface area contributed by atoms with Gasteiger partial charge in [0, 0.05) is 23.4 Å². The van der Waals surface area contributed by atoms with E-state index in [-0.39, 0.29) is 11.1 Å². The highest BCUT2D eigenvalue weighted by molar-refractivity contribution is 5.71. The molecule has 0 radical (unpaired) electrons. The topological polar surface area (TPSA) is 69.1 Å². The van der Waals surface area contributed by atoms with Crippen molar-refractivity contribution in [2.24, 2.45) is 0 Å².